The summed E-state index contributed by atoms with van der Waals surface area (Å²) in [7, 11) is 1.81. The zero-order valence-corrected chi connectivity index (χ0v) is 10.3. The summed E-state index contributed by atoms with van der Waals surface area (Å²) in [4.78, 5) is 4.12. The van der Waals surface area contributed by atoms with E-state index >= 15 is 0 Å². The highest BCUT2D eigenvalue weighted by Crippen LogP contribution is 2.31. The number of rotatable bonds is 3. The average Bonchev–Trinajstić information content (AvgIpc) is 2.39. The maximum atomic E-state index is 12.7. The van der Waals surface area contributed by atoms with Crippen LogP contribution in [0, 0.1) is 0 Å². The predicted molar refractivity (Wildman–Crippen MR) is 67.4 cm³/mol. The van der Waals surface area contributed by atoms with E-state index in [9.17, 15) is 13.2 Å². The lowest BCUT2D eigenvalue weighted by Gasteiger charge is -2.09. The number of nitrogens with one attached hydrogen (secondary N) is 1. The first-order valence-corrected chi connectivity index (χ1v) is 5.78. The molecule has 0 unspecified atom stereocenters. The highest BCUT2D eigenvalue weighted by atomic mass is 19.4. The highest BCUT2D eigenvalue weighted by Gasteiger charge is 2.30. The topological polar surface area (TPSA) is 24.9 Å². The Labute approximate surface area is 109 Å². The summed E-state index contributed by atoms with van der Waals surface area (Å²) >= 11 is 0. The zero-order valence-electron chi connectivity index (χ0n) is 10.3. The fourth-order valence-electron chi connectivity index (χ4n) is 1.80. The van der Waals surface area contributed by atoms with E-state index in [1.165, 1.54) is 6.07 Å². The number of pyridine rings is 1. The van der Waals surface area contributed by atoms with Gasteiger partial charge in [-0.25, -0.2) is 0 Å². The molecule has 0 fully saturated rings. The molecule has 0 radical (unpaired) electrons. The molecule has 0 aliphatic heterocycles. The van der Waals surface area contributed by atoms with E-state index < -0.39 is 11.7 Å². The predicted octanol–water partition coefficient (Wildman–Crippen LogP) is 3.49. The van der Waals surface area contributed by atoms with Crippen molar-refractivity contribution in [3.8, 4) is 11.3 Å². The lowest BCUT2D eigenvalue weighted by Crippen LogP contribution is -2.06. The largest absolute Gasteiger partial charge is 0.416 e. The van der Waals surface area contributed by atoms with Gasteiger partial charge in [0, 0.05) is 18.3 Å². The van der Waals surface area contributed by atoms with Crippen LogP contribution in [0.1, 0.15) is 11.1 Å². The maximum Gasteiger partial charge on any atom is 0.416 e. The molecule has 2 aromatic rings. The molecular formula is C14H13F3N2. The Morgan fingerprint density at radius 2 is 1.95 bits per heavy atom. The molecule has 1 aromatic heterocycles. The third-order valence-corrected chi connectivity index (χ3v) is 2.69. The normalized spacial score (nSPS) is 11.6. The fraction of sp³-hybridized carbons (Fsp3) is 0.214. The molecule has 0 saturated heterocycles. The molecule has 2 rings (SSSR count). The molecule has 19 heavy (non-hydrogen) atoms. The third-order valence-electron chi connectivity index (χ3n) is 2.69. The minimum atomic E-state index is -4.33. The van der Waals surface area contributed by atoms with Crippen LogP contribution in [0.3, 0.4) is 0 Å². The summed E-state index contributed by atoms with van der Waals surface area (Å²) in [5, 5.41) is 2.99. The quantitative estimate of drug-likeness (QED) is 0.919. The number of aromatic nitrogens is 1. The van der Waals surface area contributed by atoms with Crippen molar-refractivity contribution in [2.24, 2.45) is 0 Å². The van der Waals surface area contributed by atoms with Gasteiger partial charge in [-0.1, -0.05) is 12.1 Å². The van der Waals surface area contributed by atoms with Gasteiger partial charge in [-0.3, -0.25) is 4.98 Å². The van der Waals surface area contributed by atoms with Crippen LogP contribution in [0.15, 0.2) is 42.6 Å². The van der Waals surface area contributed by atoms with Crippen molar-refractivity contribution in [3.05, 3.63) is 53.7 Å². The van der Waals surface area contributed by atoms with Crippen molar-refractivity contribution in [3.63, 3.8) is 0 Å². The molecule has 100 valence electrons. The number of nitrogens with zero attached hydrogens (tertiary/aromatic N) is 1. The van der Waals surface area contributed by atoms with E-state index in [0.29, 0.717) is 17.8 Å². The van der Waals surface area contributed by atoms with Gasteiger partial charge in [-0.2, -0.15) is 13.2 Å². The van der Waals surface area contributed by atoms with Crippen molar-refractivity contribution in [2.75, 3.05) is 7.05 Å². The van der Waals surface area contributed by atoms with Gasteiger partial charge >= 0.3 is 6.18 Å². The van der Waals surface area contributed by atoms with E-state index in [0.717, 1.165) is 17.7 Å². The molecule has 1 heterocycles. The smallest absolute Gasteiger partial charge is 0.316 e. The summed E-state index contributed by atoms with van der Waals surface area (Å²) in [6, 6.07) is 8.80. The Balaban J connectivity index is 2.39. The van der Waals surface area contributed by atoms with Crippen LogP contribution in [0.4, 0.5) is 13.2 Å². The van der Waals surface area contributed by atoms with Gasteiger partial charge in [0.1, 0.15) is 0 Å². The number of benzene rings is 1. The molecule has 1 aromatic carbocycles. The highest BCUT2D eigenvalue weighted by molar-refractivity contribution is 5.60. The van der Waals surface area contributed by atoms with Crippen molar-refractivity contribution in [1.82, 2.24) is 10.3 Å². The molecule has 0 aliphatic carbocycles. The van der Waals surface area contributed by atoms with Crippen molar-refractivity contribution in [2.45, 2.75) is 12.7 Å². The van der Waals surface area contributed by atoms with Crippen LogP contribution in [0.25, 0.3) is 11.3 Å². The van der Waals surface area contributed by atoms with Crippen molar-refractivity contribution < 1.29 is 13.2 Å². The molecule has 5 heteroatoms. The Morgan fingerprint density at radius 1 is 1.16 bits per heavy atom. The first-order valence-electron chi connectivity index (χ1n) is 5.78. The Bertz CT molecular complexity index is 565. The van der Waals surface area contributed by atoms with Gasteiger partial charge in [0.25, 0.3) is 0 Å². The van der Waals surface area contributed by atoms with E-state index in [1.54, 1.807) is 18.3 Å². The molecule has 0 atom stereocenters. The van der Waals surface area contributed by atoms with E-state index in [2.05, 4.69) is 10.3 Å². The fourth-order valence-corrected chi connectivity index (χ4v) is 1.80. The second-order valence-corrected chi connectivity index (χ2v) is 4.16. The number of hydrogen-bond donors (Lipinski definition) is 1. The van der Waals surface area contributed by atoms with Gasteiger partial charge in [0.2, 0.25) is 0 Å². The molecule has 2 nitrogen and oxygen atoms in total. The average molecular weight is 266 g/mol. The van der Waals surface area contributed by atoms with Crippen molar-refractivity contribution >= 4 is 0 Å². The first-order chi connectivity index (χ1) is 9.00. The second-order valence-electron chi connectivity index (χ2n) is 4.16. The summed E-state index contributed by atoms with van der Waals surface area (Å²) in [6.45, 7) is 0.647. The van der Waals surface area contributed by atoms with E-state index in [1.807, 2.05) is 13.1 Å². The maximum absolute atomic E-state index is 12.7. The molecule has 1 N–H and O–H groups in total. The Kier molecular flexibility index (Phi) is 3.85. The Morgan fingerprint density at radius 3 is 2.63 bits per heavy atom. The lowest BCUT2D eigenvalue weighted by molar-refractivity contribution is -0.137. The van der Waals surface area contributed by atoms with E-state index in [4.69, 9.17) is 0 Å². The molecule has 0 aliphatic rings. The molecule has 0 saturated carbocycles. The standard InChI is InChI=1S/C14H13F3N2/c1-18-9-10-5-6-19-13(7-10)11-3-2-4-12(8-11)14(15,16)17/h2-8,18H,9H2,1H3. The summed E-state index contributed by atoms with van der Waals surface area (Å²) in [5.41, 5.74) is 1.32. The van der Waals surface area contributed by atoms with Gasteiger partial charge < -0.3 is 5.32 Å². The van der Waals surface area contributed by atoms with Crippen molar-refractivity contribution in [1.29, 1.82) is 0 Å². The van der Waals surface area contributed by atoms with Gasteiger partial charge in [-0.15, -0.1) is 0 Å². The van der Waals surface area contributed by atoms with Gasteiger partial charge in [0.05, 0.1) is 11.3 Å². The second kappa shape index (κ2) is 5.40. The Hall–Kier alpha value is -1.88. The monoisotopic (exact) mass is 266 g/mol. The number of alkyl halides is 3. The number of halogens is 3. The summed E-state index contributed by atoms with van der Waals surface area (Å²) < 4.78 is 38.0. The van der Waals surface area contributed by atoms with Crippen LogP contribution in [-0.2, 0) is 12.7 Å². The van der Waals surface area contributed by atoms with Gasteiger partial charge in [0.15, 0.2) is 0 Å². The minimum absolute atomic E-state index is 0.466. The van der Waals surface area contributed by atoms with E-state index in [-0.39, 0.29) is 0 Å². The van der Waals surface area contributed by atoms with Gasteiger partial charge in [-0.05, 0) is 36.9 Å². The van der Waals surface area contributed by atoms with Crippen LogP contribution >= 0.6 is 0 Å². The first kappa shape index (κ1) is 13.5. The van der Waals surface area contributed by atoms with Crippen LogP contribution in [-0.4, -0.2) is 12.0 Å². The third kappa shape index (κ3) is 3.32. The summed E-state index contributed by atoms with van der Waals surface area (Å²) in [5.74, 6) is 0. The molecule has 0 bridgehead atoms. The van der Waals surface area contributed by atoms with Crippen LogP contribution in [0.2, 0.25) is 0 Å². The molecular weight excluding hydrogens is 253 g/mol. The summed E-state index contributed by atoms with van der Waals surface area (Å²) in [6.07, 6.45) is -2.74. The zero-order chi connectivity index (χ0) is 13.9. The molecule has 0 amide bonds. The molecule has 0 spiro atoms. The number of hydrogen-bond acceptors (Lipinski definition) is 2. The van der Waals surface area contributed by atoms with Crippen LogP contribution in [0.5, 0.6) is 0 Å². The van der Waals surface area contributed by atoms with Crippen LogP contribution < -0.4 is 5.32 Å². The SMILES string of the molecule is CNCc1ccnc(-c2cccc(C(F)(F)F)c2)c1. The minimum Gasteiger partial charge on any atom is -0.316 e. The lowest BCUT2D eigenvalue weighted by atomic mass is 10.1.